The molecule has 3 aromatic rings. The molecule has 0 aliphatic heterocycles. The van der Waals surface area contributed by atoms with Gasteiger partial charge in [-0.2, -0.15) is 5.10 Å². The molecule has 3 heterocycles. The summed E-state index contributed by atoms with van der Waals surface area (Å²) in [5.74, 6) is 0. The van der Waals surface area contributed by atoms with Gasteiger partial charge in [0.05, 0.1) is 6.20 Å². The van der Waals surface area contributed by atoms with E-state index in [-0.39, 0.29) is 0 Å². The van der Waals surface area contributed by atoms with Gasteiger partial charge >= 0.3 is 0 Å². The van der Waals surface area contributed by atoms with Crippen LogP contribution in [0.25, 0.3) is 9.40 Å². The van der Waals surface area contributed by atoms with E-state index in [1.54, 1.807) is 0 Å². The first-order valence-electron chi connectivity index (χ1n) is 6.45. The molecular weight excluding hydrogens is 274 g/mol. The summed E-state index contributed by atoms with van der Waals surface area (Å²) in [5.41, 5.74) is 1.29. The van der Waals surface area contributed by atoms with Crippen LogP contribution in [0, 0.1) is 0 Å². The second kappa shape index (κ2) is 5.45. The number of hydrogen-bond acceptors (Lipinski definition) is 4. The molecule has 19 heavy (non-hydrogen) atoms. The highest BCUT2D eigenvalue weighted by Gasteiger charge is 2.14. The van der Waals surface area contributed by atoms with Crippen molar-refractivity contribution in [3.05, 3.63) is 40.3 Å². The minimum atomic E-state index is 0.374. The zero-order chi connectivity index (χ0) is 13.2. The van der Waals surface area contributed by atoms with E-state index >= 15 is 0 Å². The third-order valence-electron chi connectivity index (χ3n) is 3.30. The lowest BCUT2D eigenvalue weighted by atomic mass is 10.1. The topological polar surface area (TPSA) is 29.9 Å². The maximum absolute atomic E-state index is 4.34. The number of nitrogens with zero attached hydrogens (tertiary/aromatic N) is 2. The van der Waals surface area contributed by atoms with Gasteiger partial charge in [0.2, 0.25) is 0 Å². The van der Waals surface area contributed by atoms with Crippen molar-refractivity contribution in [3.8, 4) is 0 Å². The molecule has 1 unspecified atom stereocenters. The van der Waals surface area contributed by atoms with Crippen molar-refractivity contribution >= 4 is 32.1 Å². The zero-order valence-corrected chi connectivity index (χ0v) is 12.7. The summed E-state index contributed by atoms with van der Waals surface area (Å²) in [7, 11) is 2.03. The Bertz CT molecular complexity index is 636. The second-order valence-electron chi connectivity index (χ2n) is 4.55. The van der Waals surface area contributed by atoms with Crippen LogP contribution < -0.4 is 5.32 Å². The van der Waals surface area contributed by atoms with Gasteiger partial charge < -0.3 is 5.32 Å². The number of hydrogen-bond donors (Lipinski definition) is 1. The summed E-state index contributed by atoms with van der Waals surface area (Å²) in [6.45, 7) is 3.04. The van der Waals surface area contributed by atoms with Gasteiger partial charge in [-0.3, -0.25) is 4.68 Å². The summed E-state index contributed by atoms with van der Waals surface area (Å²) in [5, 5.41) is 9.92. The maximum Gasteiger partial charge on any atom is 0.0522 e. The Morgan fingerprint density at radius 1 is 1.42 bits per heavy atom. The van der Waals surface area contributed by atoms with Crippen molar-refractivity contribution in [1.82, 2.24) is 15.1 Å². The Hall–Kier alpha value is -1.17. The summed E-state index contributed by atoms with van der Waals surface area (Å²) in [6, 6.07) is 4.89. The fourth-order valence-corrected chi connectivity index (χ4v) is 4.45. The van der Waals surface area contributed by atoms with Crippen LogP contribution in [-0.4, -0.2) is 16.8 Å². The summed E-state index contributed by atoms with van der Waals surface area (Å²) in [4.78, 5) is 1.41. The van der Waals surface area contributed by atoms with Crippen molar-refractivity contribution in [2.75, 3.05) is 7.05 Å². The van der Waals surface area contributed by atoms with Crippen LogP contribution in [0.2, 0.25) is 0 Å². The van der Waals surface area contributed by atoms with Crippen LogP contribution in [0.15, 0.2) is 29.9 Å². The average Bonchev–Trinajstić information content (AvgIpc) is 3.10. The molecule has 0 radical (unpaired) electrons. The molecule has 0 fully saturated rings. The molecule has 0 aromatic carbocycles. The lowest BCUT2D eigenvalue weighted by Gasteiger charge is -2.12. The smallest absolute Gasteiger partial charge is 0.0522 e. The van der Waals surface area contributed by atoms with Crippen LogP contribution in [0.5, 0.6) is 0 Å². The number of rotatable bonds is 5. The number of fused-ring (bicyclic) bond motifs is 1. The molecular formula is C14H17N3S2. The van der Waals surface area contributed by atoms with Gasteiger partial charge in [0, 0.05) is 33.1 Å². The Morgan fingerprint density at radius 3 is 3.00 bits per heavy atom. The highest BCUT2D eigenvalue weighted by molar-refractivity contribution is 7.26. The Labute approximate surface area is 120 Å². The van der Waals surface area contributed by atoms with Crippen molar-refractivity contribution in [2.45, 2.75) is 25.9 Å². The van der Waals surface area contributed by atoms with Gasteiger partial charge in [-0.15, -0.1) is 22.7 Å². The van der Waals surface area contributed by atoms with E-state index in [1.807, 2.05) is 40.6 Å². The first-order valence-corrected chi connectivity index (χ1v) is 8.15. The molecule has 3 rings (SSSR count). The quantitative estimate of drug-likeness (QED) is 0.777. The van der Waals surface area contributed by atoms with Gasteiger partial charge in [-0.1, -0.05) is 0 Å². The first-order chi connectivity index (χ1) is 9.30. The number of nitrogens with one attached hydrogen (secondary N) is 1. The first kappa shape index (κ1) is 12.8. The minimum Gasteiger partial charge on any atom is -0.312 e. The standard InChI is InChI=1S/C14H17N3S2/c1-3-17-9-10(8-16-17)6-11(15-2)13-7-14-12(19-13)4-5-18-14/h4-5,7-9,11,15H,3,6H2,1-2H3. The van der Waals surface area contributed by atoms with E-state index in [4.69, 9.17) is 0 Å². The van der Waals surface area contributed by atoms with Crippen molar-refractivity contribution in [1.29, 1.82) is 0 Å². The fraction of sp³-hybridized carbons (Fsp3) is 0.357. The molecule has 0 saturated heterocycles. The minimum absolute atomic E-state index is 0.374. The second-order valence-corrected chi connectivity index (χ2v) is 6.61. The Balaban J connectivity index is 1.81. The molecule has 0 spiro atoms. The van der Waals surface area contributed by atoms with Crippen LogP contribution >= 0.6 is 22.7 Å². The average molecular weight is 291 g/mol. The molecule has 100 valence electrons. The summed E-state index contributed by atoms with van der Waals surface area (Å²) < 4.78 is 4.77. The Kier molecular flexibility index (Phi) is 3.68. The zero-order valence-electron chi connectivity index (χ0n) is 11.1. The predicted octanol–water partition coefficient (Wildman–Crippen LogP) is 3.68. The Morgan fingerprint density at radius 2 is 2.32 bits per heavy atom. The number of likely N-dealkylation sites (N-methyl/N-ethyl adjacent to an activating group) is 1. The molecule has 0 bridgehead atoms. The highest BCUT2D eigenvalue weighted by atomic mass is 32.1. The monoisotopic (exact) mass is 291 g/mol. The van der Waals surface area contributed by atoms with E-state index in [1.165, 1.54) is 19.8 Å². The number of aryl methyl sites for hydroxylation is 1. The molecule has 1 N–H and O–H groups in total. The molecule has 0 amide bonds. The van der Waals surface area contributed by atoms with Crippen LogP contribution in [0.4, 0.5) is 0 Å². The third kappa shape index (κ3) is 2.59. The molecule has 0 saturated carbocycles. The van der Waals surface area contributed by atoms with E-state index in [0.29, 0.717) is 6.04 Å². The maximum atomic E-state index is 4.34. The summed E-state index contributed by atoms with van der Waals surface area (Å²) in [6.07, 6.45) is 5.11. The third-order valence-corrected chi connectivity index (χ3v) is 5.51. The van der Waals surface area contributed by atoms with E-state index < -0.39 is 0 Å². The largest absolute Gasteiger partial charge is 0.312 e. The van der Waals surface area contributed by atoms with Gasteiger partial charge in [0.1, 0.15) is 0 Å². The lowest BCUT2D eigenvalue weighted by Crippen LogP contribution is -2.17. The molecule has 3 aromatic heterocycles. The van der Waals surface area contributed by atoms with Gasteiger partial charge in [0.25, 0.3) is 0 Å². The van der Waals surface area contributed by atoms with E-state index in [0.717, 1.165) is 13.0 Å². The molecule has 5 heteroatoms. The van der Waals surface area contributed by atoms with Crippen LogP contribution in [0.1, 0.15) is 23.4 Å². The molecule has 0 aliphatic rings. The number of thiophene rings is 2. The van der Waals surface area contributed by atoms with Gasteiger partial charge in [-0.25, -0.2) is 0 Å². The highest BCUT2D eigenvalue weighted by Crippen LogP contribution is 2.34. The fourth-order valence-electron chi connectivity index (χ4n) is 2.22. The lowest BCUT2D eigenvalue weighted by molar-refractivity contribution is 0.601. The van der Waals surface area contributed by atoms with Gasteiger partial charge in [-0.05, 0) is 43.5 Å². The van der Waals surface area contributed by atoms with Crippen LogP contribution in [-0.2, 0) is 13.0 Å². The predicted molar refractivity (Wildman–Crippen MR) is 83.1 cm³/mol. The molecule has 1 atom stereocenters. The normalized spacial score (nSPS) is 13.2. The van der Waals surface area contributed by atoms with E-state index in [9.17, 15) is 0 Å². The van der Waals surface area contributed by atoms with Crippen molar-refractivity contribution in [3.63, 3.8) is 0 Å². The van der Waals surface area contributed by atoms with Crippen molar-refractivity contribution in [2.24, 2.45) is 0 Å². The number of aromatic nitrogens is 2. The van der Waals surface area contributed by atoms with E-state index in [2.05, 4.69) is 41.0 Å². The molecule has 3 nitrogen and oxygen atoms in total. The SMILES string of the molecule is CCn1cc(CC(NC)c2cc3sccc3s2)cn1. The summed E-state index contributed by atoms with van der Waals surface area (Å²) >= 11 is 3.71. The molecule has 0 aliphatic carbocycles. The van der Waals surface area contributed by atoms with Crippen molar-refractivity contribution < 1.29 is 0 Å². The van der Waals surface area contributed by atoms with Gasteiger partial charge in [0.15, 0.2) is 0 Å². The van der Waals surface area contributed by atoms with Crippen LogP contribution in [0.3, 0.4) is 0 Å².